The van der Waals surface area contributed by atoms with Crippen LogP contribution < -0.4 is 10.0 Å². The number of hydrogen-bond acceptors (Lipinski definition) is 5. The zero-order chi connectivity index (χ0) is 14.4. The quantitative estimate of drug-likeness (QED) is 0.801. The van der Waals surface area contributed by atoms with Gasteiger partial charge in [-0.2, -0.15) is 0 Å². The van der Waals surface area contributed by atoms with Crippen LogP contribution in [0.1, 0.15) is 24.6 Å². The maximum Gasteiger partial charge on any atom is 0.241 e. The van der Waals surface area contributed by atoms with Crippen molar-refractivity contribution in [1.82, 2.24) is 10.0 Å². The predicted octanol–water partition coefficient (Wildman–Crippen LogP) is 1.56. The molecule has 1 fully saturated rings. The van der Waals surface area contributed by atoms with Crippen molar-refractivity contribution in [3.05, 3.63) is 16.3 Å². The molecule has 0 aromatic carbocycles. The SMILES string of the molecule is CCNCc1sccc1S(=O)(=O)NCC1CCOCC1. The van der Waals surface area contributed by atoms with Crippen LogP contribution in [0.15, 0.2) is 16.3 Å². The van der Waals surface area contributed by atoms with Gasteiger partial charge in [0.2, 0.25) is 10.0 Å². The molecule has 0 amide bonds. The molecule has 0 atom stereocenters. The fourth-order valence-corrected chi connectivity index (χ4v) is 4.72. The van der Waals surface area contributed by atoms with E-state index in [0.717, 1.165) is 37.5 Å². The average molecular weight is 318 g/mol. The highest BCUT2D eigenvalue weighted by molar-refractivity contribution is 7.89. The van der Waals surface area contributed by atoms with Crippen LogP contribution in [-0.2, 0) is 21.3 Å². The molecular formula is C13H22N2O3S2. The van der Waals surface area contributed by atoms with E-state index in [1.54, 1.807) is 6.07 Å². The van der Waals surface area contributed by atoms with E-state index >= 15 is 0 Å². The topological polar surface area (TPSA) is 67.4 Å². The van der Waals surface area contributed by atoms with Crippen molar-refractivity contribution >= 4 is 21.4 Å². The van der Waals surface area contributed by atoms with Crippen molar-refractivity contribution in [3.63, 3.8) is 0 Å². The predicted molar refractivity (Wildman–Crippen MR) is 80.4 cm³/mol. The summed E-state index contributed by atoms with van der Waals surface area (Å²) >= 11 is 1.48. The largest absolute Gasteiger partial charge is 0.381 e. The molecule has 1 aliphatic heterocycles. The molecule has 0 bridgehead atoms. The molecule has 0 spiro atoms. The Morgan fingerprint density at radius 1 is 1.40 bits per heavy atom. The third kappa shape index (κ3) is 4.26. The maximum absolute atomic E-state index is 12.4. The molecule has 7 heteroatoms. The lowest BCUT2D eigenvalue weighted by atomic mass is 10.0. The molecule has 1 aromatic rings. The fourth-order valence-electron chi connectivity index (χ4n) is 2.19. The second-order valence-corrected chi connectivity index (χ2v) is 7.63. The molecule has 114 valence electrons. The van der Waals surface area contributed by atoms with Gasteiger partial charge in [0.1, 0.15) is 0 Å². The van der Waals surface area contributed by atoms with E-state index in [0.29, 0.717) is 23.9 Å². The van der Waals surface area contributed by atoms with Gasteiger partial charge in [-0.1, -0.05) is 6.92 Å². The van der Waals surface area contributed by atoms with E-state index < -0.39 is 10.0 Å². The Kier molecular flexibility index (Phi) is 5.98. The van der Waals surface area contributed by atoms with Crippen molar-refractivity contribution in [2.45, 2.75) is 31.2 Å². The Hall–Kier alpha value is -0.470. The Labute approximate surface area is 124 Å². The van der Waals surface area contributed by atoms with Gasteiger partial charge in [0.25, 0.3) is 0 Å². The van der Waals surface area contributed by atoms with Gasteiger partial charge in [0.15, 0.2) is 0 Å². The summed E-state index contributed by atoms with van der Waals surface area (Å²) in [4.78, 5) is 1.28. The summed E-state index contributed by atoms with van der Waals surface area (Å²) in [5.74, 6) is 0.384. The molecule has 0 radical (unpaired) electrons. The molecule has 2 N–H and O–H groups in total. The summed E-state index contributed by atoms with van der Waals surface area (Å²) in [6.45, 7) is 5.40. The second kappa shape index (κ2) is 7.51. The van der Waals surface area contributed by atoms with Crippen LogP contribution in [0, 0.1) is 5.92 Å². The van der Waals surface area contributed by atoms with E-state index in [2.05, 4.69) is 10.0 Å². The molecule has 1 aromatic heterocycles. The van der Waals surface area contributed by atoms with Gasteiger partial charge >= 0.3 is 0 Å². The van der Waals surface area contributed by atoms with Crippen LogP contribution >= 0.6 is 11.3 Å². The molecule has 1 aliphatic rings. The molecule has 20 heavy (non-hydrogen) atoms. The smallest absolute Gasteiger partial charge is 0.241 e. The van der Waals surface area contributed by atoms with Crippen LogP contribution in [0.2, 0.25) is 0 Å². The zero-order valence-corrected chi connectivity index (χ0v) is 13.4. The fraction of sp³-hybridized carbons (Fsp3) is 0.692. The summed E-state index contributed by atoms with van der Waals surface area (Å²) in [5, 5.41) is 5.00. The zero-order valence-electron chi connectivity index (χ0n) is 11.7. The number of thiophene rings is 1. The van der Waals surface area contributed by atoms with Crippen LogP contribution in [0.25, 0.3) is 0 Å². The van der Waals surface area contributed by atoms with Gasteiger partial charge in [-0.25, -0.2) is 13.1 Å². The van der Waals surface area contributed by atoms with Gasteiger partial charge < -0.3 is 10.1 Å². The van der Waals surface area contributed by atoms with Crippen LogP contribution in [0.3, 0.4) is 0 Å². The van der Waals surface area contributed by atoms with Crippen molar-refractivity contribution in [2.24, 2.45) is 5.92 Å². The van der Waals surface area contributed by atoms with E-state index in [-0.39, 0.29) is 0 Å². The number of ether oxygens (including phenoxy) is 1. The summed E-state index contributed by atoms with van der Waals surface area (Å²) < 4.78 is 32.7. The minimum atomic E-state index is -3.40. The van der Waals surface area contributed by atoms with Gasteiger partial charge in [-0.3, -0.25) is 0 Å². The number of hydrogen-bond donors (Lipinski definition) is 2. The van der Waals surface area contributed by atoms with Crippen LogP contribution in [0.5, 0.6) is 0 Å². The molecule has 0 unspecified atom stereocenters. The molecule has 5 nitrogen and oxygen atoms in total. The van der Waals surface area contributed by atoms with E-state index in [1.165, 1.54) is 11.3 Å². The van der Waals surface area contributed by atoms with Gasteiger partial charge in [-0.15, -0.1) is 11.3 Å². The number of sulfonamides is 1. The Morgan fingerprint density at radius 3 is 2.85 bits per heavy atom. The van der Waals surface area contributed by atoms with Crippen molar-refractivity contribution < 1.29 is 13.2 Å². The summed E-state index contributed by atoms with van der Waals surface area (Å²) in [6, 6.07) is 1.68. The van der Waals surface area contributed by atoms with Crippen molar-refractivity contribution in [1.29, 1.82) is 0 Å². The minimum absolute atomic E-state index is 0.384. The van der Waals surface area contributed by atoms with Crippen molar-refractivity contribution in [3.8, 4) is 0 Å². The second-order valence-electron chi connectivity index (χ2n) is 4.90. The van der Waals surface area contributed by atoms with E-state index in [1.807, 2.05) is 12.3 Å². The molecule has 0 saturated carbocycles. The summed E-state index contributed by atoms with van der Waals surface area (Å²) in [6.07, 6.45) is 1.85. The Morgan fingerprint density at radius 2 is 2.15 bits per heavy atom. The first-order valence-corrected chi connectivity index (χ1v) is 9.34. The maximum atomic E-state index is 12.4. The van der Waals surface area contributed by atoms with Gasteiger partial charge in [0, 0.05) is 31.2 Å². The lowest BCUT2D eigenvalue weighted by molar-refractivity contribution is 0.0678. The first-order chi connectivity index (χ1) is 9.63. The summed E-state index contributed by atoms with van der Waals surface area (Å²) in [7, 11) is -3.40. The normalized spacial score (nSPS) is 17.4. The Balaban J connectivity index is 1.97. The molecule has 0 aliphatic carbocycles. The highest BCUT2D eigenvalue weighted by Gasteiger charge is 2.22. The van der Waals surface area contributed by atoms with Crippen LogP contribution in [0.4, 0.5) is 0 Å². The average Bonchev–Trinajstić information content (AvgIpc) is 2.93. The third-order valence-corrected chi connectivity index (χ3v) is 5.99. The number of rotatable bonds is 7. The molecular weight excluding hydrogens is 296 g/mol. The lowest BCUT2D eigenvalue weighted by Gasteiger charge is -2.22. The van der Waals surface area contributed by atoms with Gasteiger partial charge in [0.05, 0.1) is 4.90 Å². The first-order valence-electron chi connectivity index (χ1n) is 6.98. The highest BCUT2D eigenvalue weighted by atomic mass is 32.2. The molecule has 2 heterocycles. The standard InChI is InChI=1S/C13H22N2O3S2/c1-2-14-10-12-13(5-8-19-12)20(16,17)15-9-11-3-6-18-7-4-11/h5,8,11,14-15H,2-4,6-7,9-10H2,1H3. The highest BCUT2D eigenvalue weighted by Crippen LogP contribution is 2.22. The van der Waals surface area contributed by atoms with Gasteiger partial charge in [-0.05, 0) is 36.8 Å². The first kappa shape index (κ1) is 15.9. The van der Waals surface area contributed by atoms with E-state index in [9.17, 15) is 8.42 Å². The van der Waals surface area contributed by atoms with Crippen molar-refractivity contribution in [2.75, 3.05) is 26.3 Å². The molecule has 2 rings (SSSR count). The third-order valence-electron chi connectivity index (χ3n) is 3.43. The minimum Gasteiger partial charge on any atom is -0.381 e. The lowest BCUT2D eigenvalue weighted by Crippen LogP contribution is -2.32. The Bertz CT molecular complexity index is 507. The molecule has 1 saturated heterocycles. The van der Waals surface area contributed by atoms with E-state index in [4.69, 9.17) is 4.74 Å². The monoisotopic (exact) mass is 318 g/mol. The number of nitrogens with one attached hydrogen (secondary N) is 2. The summed E-state index contributed by atoms with van der Waals surface area (Å²) in [5.41, 5.74) is 0. The van der Waals surface area contributed by atoms with Crippen LogP contribution in [-0.4, -0.2) is 34.7 Å².